The summed E-state index contributed by atoms with van der Waals surface area (Å²) in [5.74, 6) is 6.15. The molecular weight excluding hydrogens is 146 g/mol. The molecule has 12 heavy (non-hydrogen) atoms. The Bertz CT molecular complexity index is 185. The Labute approximate surface area is 76.2 Å². The lowest BCUT2D eigenvalue weighted by Gasteiger charge is -2.05. The highest BCUT2D eigenvalue weighted by atomic mass is 14.8. The second-order valence-corrected chi connectivity index (χ2v) is 3.73. The van der Waals surface area contributed by atoms with Gasteiger partial charge >= 0.3 is 0 Å². The van der Waals surface area contributed by atoms with Crippen LogP contribution >= 0.6 is 0 Å². The Kier molecular flexibility index (Phi) is 5.49. The van der Waals surface area contributed by atoms with Gasteiger partial charge < -0.3 is 5.32 Å². The van der Waals surface area contributed by atoms with E-state index < -0.39 is 0 Å². The van der Waals surface area contributed by atoms with Gasteiger partial charge in [0.15, 0.2) is 0 Å². The van der Waals surface area contributed by atoms with Crippen molar-refractivity contribution >= 4 is 0 Å². The summed E-state index contributed by atoms with van der Waals surface area (Å²) in [7, 11) is 0. The van der Waals surface area contributed by atoms with E-state index in [0.29, 0.717) is 0 Å². The molecular formula is C11H19N. The summed E-state index contributed by atoms with van der Waals surface area (Å²) in [5, 5.41) is 3.19. The van der Waals surface area contributed by atoms with E-state index >= 15 is 0 Å². The monoisotopic (exact) mass is 165 g/mol. The third-order valence-corrected chi connectivity index (χ3v) is 1.16. The highest BCUT2D eigenvalue weighted by molar-refractivity contribution is 5.19. The lowest BCUT2D eigenvalue weighted by molar-refractivity contribution is 0.571. The van der Waals surface area contributed by atoms with Gasteiger partial charge in [0, 0.05) is 12.0 Å². The first-order chi connectivity index (χ1) is 5.56. The molecule has 0 saturated carbocycles. The summed E-state index contributed by atoms with van der Waals surface area (Å²) < 4.78 is 0. The molecule has 0 aromatic heterocycles. The number of allylic oxidation sites excluding steroid dienone is 1. The fraction of sp³-hybridized carbons (Fsp3) is 0.636. The molecule has 0 radical (unpaired) electrons. The molecule has 0 aliphatic rings. The van der Waals surface area contributed by atoms with Gasteiger partial charge in [0.05, 0.1) is 0 Å². The molecule has 0 rings (SSSR count). The Morgan fingerprint density at radius 1 is 1.33 bits per heavy atom. The zero-order chi connectivity index (χ0) is 9.45. The molecule has 0 amide bonds. The quantitative estimate of drug-likeness (QED) is 0.499. The molecule has 0 spiro atoms. The molecule has 1 N–H and O–H groups in total. The van der Waals surface area contributed by atoms with E-state index in [4.69, 9.17) is 0 Å². The van der Waals surface area contributed by atoms with Crippen molar-refractivity contribution in [1.29, 1.82) is 0 Å². The molecule has 1 nitrogen and oxygen atoms in total. The third-order valence-electron chi connectivity index (χ3n) is 1.16. The fourth-order valence-corrected chi connectivity index (χ4v) is 0.604. The maximum Gasteiger partial charge on any atom is 0.0233 e. The first kappa shape index (κ1) is 11.3. The summed E-state index contributed by atoms with van der Waals surface area (Å²) in [6.07, 6.45) is 3.95. The predicted octanol–water partition coefficient (Wildman–Crippen LogP) is 2.20. The SMILES string of the molecule is CCNC/C=C/C#CC(C)(C)C. The van der Waals surface area contributed by atoms with Crippen molar-refractivity contribution in [2.75, 3.05) is 13.1 Å². The van der Waals surface area contributed by atoms with Crippen molar-refractivity contribution in [3.8, 4) is 11.8 Å². The normalized spacial score (nSPS) is 11.3. The van der Waals surface area contributed by atoms with Crippen LogP contribution in [0.5, 0.6) is 0 Å². The summed E-state index contributed by atoms with van der Waals surface area (Å²) >= 11 is 0. The first-order valence-electron chi connectivity index (χ1n) is 4.44. The van der Waals surface area contributed by atoms with Crippen LogP contribution in [0, 0.1) is 17.3 Å². The Hall–Kier alpha value is -0.740. The molecule has 0 heterocycles. The zero-order valence-corrected chi connectivity index (χ0v) is 8.57. The molecule has 0 aliphatic heterocycles. The van der Waals surface area contributed by atoms with E-state index in [2.05, 4.69) is 44.9 Å². The van der Waals surface area contributed by atoms with Gasteiger partial charge in [-0.2, -0.15) is 0 Å². The minimum Gasteiger partial charge on any atom is -0.314 e. The average Bonchev–Trinajstić information content (AvgIpc) is 1.94. The number of rotatable bonds is 3. The number of nitrogens with one attached hydrogen (secondary N) is 1. The highest BCUT2D eigenvalue weighted by Gasteiger charge is 2.01. The molecule has 0 fully saturated rings. The Morgan fingerprint density at radius 3 is 2.50 bits per heavy atom. The van der Waals surface area contributed by atoms with Crippen molar-refractivity contribution in [3.05, 3.63) is 12.2 Å². The van der Waals surface area contributed by atoms with Gasteiger partial charge in [0.1, 0.15) is 0 Å². The van der Waals surface area contributed by atoms with Crippen molar-refractivity contribution in [2.24, 2.45) is 5.41 Å². The van der Waals surface area contributed by atoms with Crippen LogP contribution in [-0.4, -0.2) is 13.1 Å². The standard InChI is InChI=1S/C11H19N/c1-5-12-10-8-6-7-9-11(2,3)4/h6,8,12H,5,10H2,1-4H3/b8-6+. The lowest BCUT2D eigenvalue weighted by atomic mass is 9.98. The van der Waals surface area contributed by atoms with Crippen LogP contribution in [-0.2, 0) is 0 Å². The summed E-state index contributed by atoms with van der Waals surface area (Å²) in [4.78, 5) is 0. The molecule has 0 saturated heterocycles. The van der Waals surface area contributed by atoms with Crippen LogP contribution in [0.4, 0.5) is 0 Å². The van der Waals surface area contributed by atoms with Crippen molar-refractivity contribution < 1.29 is 0 Å². The minimum atomic E-state index is 0.114. The fourth-order valence-electron chi connectivity index (χ4n) is 0.604. The summed E-state index contributed by atoms with van der Waals surface area (Å²) in [5.41, 5.74) is 0.114. The lowest BCUT2D eigenvalue weighted by Crippen LogP contribution is -2.11. The van der Waals surface area contributed by atoms with E-state index in [1.807, 2.05) is 12.2 Å². The summed E-state index contributed by atoms with van der Waals surface area (Å²) in [6.45, 7) is 10.3. The van der Waals surface area contributed by atoms with E-state index in [0.717, 1.165) is 13.1 Å². The third kappa shape index (κ3) is 9.26. The predicted molar refractivity (Wildman–Crippen MR) is 54.9 cm³/mol. The Morgan fingerprint density at radius 2 is 2.00 bits per heavy atom. The second-order valence-electron chi connectivity index (χ2n) is 3.73. The molecule has 0 atom stereocenters. The summed E-state index contributed by atoms with van der Waals surface area (Å²) in [6, 6.07) is 0. The van der Waals surface area contributed by atoms with Gasteiger partial charge in [-0.15, -0.1) is 0 Å². The number of likely N-dealkylation sites (N-methyl/N-ethyl adjacent to an activating group) is 1. The van der Waals surface area contributed by atoms with E-state index in [1.54, 1.807) is 0 Å². The molecule has 68 valence electrons. The highest BCUT2D eigenvalue weighted by Crippen LogP contribution is 2.09. The van der Waals surface area contributed by atoms with Gasteiger partial charge in [-0.1, -0.05) is 24.8 Å². The molecule has 0 aromatic rings. The maximum atomic E-state index is 3.19. The van der Waals surface area contributed by atoms with Crippen LogP contribution in [0.3, 0.4) is 0 Å². The first-order valence-corrected chi connectivity index (χ1v) is 4.44. The van der Waals surface area contributed by atoms with Crippen LogP contribution in [0.25, 0.3) is 0 Å². The van der Waals surface area contributed by atoms with Crippen LogP contribution in [0.15, 0.2) is 12.2 Å². The van der Waals surface area contributed by atoms with Gasteiger partial charge in [-0.05, 0) is 33.4 Å². The van der Waals surface area contributed by atoms with Crippen LogP contribution in [0.1, 0.15) is 27.7 Å². The number of hydrogen-bond donors (Lipinski definition) is 1. The van der Waals surface area contributed by atoms with Crippen molar-refractivity contribution in [2.45, 2.75) is 27.7 Å². The van der Waals surface area contributed by atoms with Crippen molar-refractivity contribution in [3.63, 3.8) is 0 Å². The van der Waals surface area contributed by atoms with E-state index in [-0.39, 0.29) is 5.41 Å². The largest absolute Gasteiger partial charge is 0.314 e. The van der Waals surface area contributed by atoms with Gasteiger partial charge in [0.2, 0.25) is 0 Å². The molecule has 0 aromatic carbocycles. The van der Waals surface area contributed by atoms with Gasteiger partial charge in [0.25, 0.3) is 0 Å². The van der Waals surface area contributed by atoms with Crippen LogP contribution in [0.2, 0.25) is 0 Å². The molecule has 0 unspecified atom stereocenters. The smallest absolute Gasteiger partial charge is 0.0233 e. The molecule has 1 heteroatoms. The minimum absolute atomic E-state index is 0.114. The van der Waals surface area contributed by atoms with E-state index in [9.17, 15) is 0 Å². The topological polar surface area (TPSA) is 12.0 Å². The molecule has 0 bridgehead atoms. The van der Waals surface area contributed by atoms with Crippen LogP contribution < -0.4 is 5.32 Å². The maximum absolute atomic E-state index is 3.19. The van der Waals surface area contributed by atoms with E-state index in [1.165, 1.54) is 0 Å². The molecule has 0 aliphatic carbocycles. The van der Waals surface area contributed by atoms with Crippen molar-refractivity contribution in [1.82, 2.24) is 5.32 Å². The average molecular weight is 165 g/mol. The number of hydrogen-bond acceptors (Lipinski definition) is 1. The van der Waals surface area contributed by atoms with Gasteiger partial charge in [-0.3, -0.25) is 0 Å². The second kappa shape index (κ2) is 5.85. The Balaban J connectivity index is 3.63. The zero-order valence-electron chi connectivity index (χ0n) is 8.57. The van der Waals surface area contributed by atoms with Gasteiger partial charge in [-0.25, -0.2) is 0 Å².